The highest BCUT2D eigenvalue weighted by Gasteiger charge is 2.28. The summed E-state index contributed by atoms with van der Waals surface area (Å²) in [5.41, 5.74) is 2.36. The Morgan fingerprint density at radius 3 is 2.12 bits per heavy atom. The molecule has 0 unspecified atom stereocenters. The van der Waals surface area contributed by atoms with Gasteiger partial charge in [-0.15, -0.1) is 0 Å². The molecule has 0 fully saturated rings. The molecule has 0 aliphatic rings. The maximum Gasteiger partial charge on any atom is 0.350 e. The summed E-state index contributed by atoms with van der Waals surface area (Å²) >= 11 is 5.79. The molecule has 0 aromatic heterocycles. The highest BCUT2D eigenvalue weighted by Crippen LogP contribution is 2.50. The highest BCUT2D eigenvalue weighted by molar-refractivity contribution is 7.54. The normalized spacial score (nSPS) is 11.6. The summed E-state index contributed by atoms with van der Waals surface area (Å²) in [5.74, 6) is -0.543. The number of nitrogens with zero attached hydrogens (tertiary/aromatic N) is 1. The van der Waals surface area contributed by atoms with E-state index in [2.05, 4.69) is 0 Å². The van der Waals surface area contributed by atoms with Gasteiger partial charge in [0.2, 0.25) is 0 Å². The van der Waals surface area contributed by atoms with E-state index in [1.54, 1.807) is 24.8 Å². The van der Waals surface area contributed by atoms with Gasteiger partial charge >= 0.3 is 7.60 Å². The van der Waals surface area contributed by atoms with E-state index < -0.39 is 13.4 Å². The average Bonchev–Trinajstić information content (AvgIpc) is 2.57. The van der Waals surface area contributed by atoms with Gasteiger partial charge in [-0.1, -0.05) is 29.3 Å². The predicted molar refractivity (Wildman–Crippen MR) is 100 cm³/mol. The van der Waals surface area contributed by atoms with Crippen molar-refractivity contribution in [2.75, 3.05) is 24.4 Å². The Morgan fingerprint density at radius 1 is 1.04 bits per heavy atom. The van der Waals surface area contributed by atoms with Gasteiger partial charge in [0.05, 0.1) is 18.2 Å². The van der Waals surface area contributed by atoms with Gasteiger partial charge in [-0.3, -0.25) is 4.57 Å². The van der Waals surface area contributed by atoms with Crippen molar-refractivity contribution < 1.29 is 18.0 Å². The first kappa shape index (κ1) is 19.9. The number of halogens is 2. The van der Waals surface area contributed by atoms with Crippen LogP contribution in [0.25, 0.3) is 0 Å². The van der Waals surface area contributed by atoms with Gasteiger partial charge in [0.15, 0.2) is 0 Å². The van der Waals surface area contributed by atoms with Crippen LogP contribution in [0.4, 0.5) is 15.8 Å². The first-order chi connectivity index (χ1) is 11.9. The second-order valence-electron chi connectivity index (χ2n) is 5.45. The van der Waals surface area contributed by atoms with E-state index in [1.807, 2.05) is 31.2 Å². The molecule has 0 saturated heterocycles. The van der Waals surface area contributed by atoms with Crippen LogP contribution in [0.2, 0.25) is 5.02 Å². The summed E-state index contributed by atoms with van der Waals surface area (Å²) in [4.78, 5) is 1.71. The molecule has 0 N–H and O–H groups in total. The Labute approximate surface area is 153 Å². The molecule has 4 nitrogen and oxygen atoms in total. The standard InChI is InChI=1S/C18H22ClFNO3P/c1-4-23-25(22,24-5-2)13-21(15-8-6-14(3)7-9-15)16-10-11-17(19)18(20)12-16/h6-12H,4-5,13H2,1-3H3. The Bertz CT molecular complexity index is 744. The molecular weight excluding hydrogens is 364 g/mol. The highest BCUT2D eigenvalue weighted by atomic mass is 35.5. The third-order valence-corrected chi connectivity index (χ3v) is 5.77. The van der Waals surface area contributed by atoms with E-state index in [9.17, 15) is 8.96 Å². The average molecular weight is 386 g/mol. The van der Waals surface area contributed by atoms with Crippen LogP contribution in [0.5, 0.6) is 0 Å². The lowest BCUT2D eigenvalue weighted by atomic mass is 10.2. The minimum atomic E-state index is -3.37. The molecule has 0 saturated carbocycles. The SMILES string of the molecule is CCOP(=O)(CN(c1ccc(C)cc1)c1ccc(Cl)c(F)c1)OCC. The third kappa shape index (κ3) is 5.29. The molecule has 0 heterocycles. The zero-order chi connectivity index (χ0) is 18.4. The van der Waals surface area contributed by atoms with Crippen LogP contribution < -0.4 is 4.90 Å². The van der Waals surface area contributed by atoms with Crippen molar-refractivity contribution in [1.29, 1.82) is 0 Å². The molecule has 0 atom stereocenters. The molecule has 2 rings (SSSR count). The second kappa shape index (κ2) is 8.81. The second-order valence-corrected chi connectivity index (χ2v) is 7.88. The maximum atomic E-state index is 14.0. The number of hydrogen-bond donors (Lipinski definition) is 0. The monoisotopic (exact) mass is 385 g/mol. The summed E-state index contributed by atoms with van der Waals surface area (Å²) in [6.07, 6.45) is -0.0290. The number of aryl methyl sites for hydroxylation is 1. The largest absolute Gasteiger partial charge is 0.350 e. The molecule has 2 aromatic rings. The Morgan fingerprint density at radius 2 is 1.60 bits per heavy atom. The Kier molecular flexibility index (Phi) is 7.03. The summed E-state index contributed by atoms with van der Waals surface area (Å²) in [7, 11) is -3.37. The summed E-state index contributed by atoms with van der Waals surface area (Å²) < 4.78 is 37.7. The van der Waals surface area contributed by atoms with Crippen molar-refractivity contribution in [3.05, 3.63) is 58.9 Å². The fourth-order valence-corrected chi connectivity index (χ4v) is 4.19. The summed E-state index contributed by atoms with van der Waals surface area (Å²) in [6, 6.07) is 12.1. The van der Waals surface area contributed by atoms with Gasteiger partial charge in [0.25, 0.3) is 0 Å². The van der Waals surface area contributed by atoms with Gasteiger partial charge in [0.1, 0.15) is 12.1 Å². The zero-order valence-electron chi connectivity index (χ0n) is 14.5. The quantitative estimate of drug-likeness (QED) is 0.511. The van der Waals surface area contributed by atoms with Crippen molar-refractivity contribution in [2.24, 2.45) is 0 Å². The molecule has 0 aliphatic carbocycles. The topological polar surface area (TPSA) is 38.8 Å². The smallest absolute Gasteiger partial charge is 0.329 e. The van der Waals surface area contributed by atoms with Gasteiger partial charge < -0.3 is 13.9 Å². The van der Waals surface area contributed by atoms with E-state index in [0.29, 0.717) is 5.69 Å². The van der Waals surface area contributed by atoms with Crippen molar-refractivity contribution in [1.82, 2.24) is 0 Å². The van der Waals surface area contributed by atoms with E-state index in [-0.39, 0.29) is 24.5 Å². The summed E-state index contributed by atoms with van der Waals surface area (Å²) in [6.45, 7) is 6.00. The molecule has 136 valence electrons. The van der Waals surface area contributed by atoms with Crippen LogP contribution in [0.3, 0.4) is 0 Å². The van der Waals surface area contributed by atoms with Gasteiger partial charge in [0, 0.05) is 11.4 Å². The fourth-order valence-electron chi connectivity index (χ4n) is 2.38. The first-order valence-corrected chi connectivity index (χ1v) is 10.2. The Balaban J connectivity index is 2.46. The molecule has 0 radical (unpaired) electrons. The van der Waals surface area contributed by atoms with Crippen LogP contribution in [-0.2, 0) is 13.6 Å². The number of hydrogen-bond acceptors (Lipinski definition) is 4. The molecule has 0 amide bonds. The maximum absolute atomic E-state index is 14.0. The molecule has 0 bridgehead atoms. The predicted octanol–water partition coefficient (Wildman–Crippen LogP) is 6.15. The number of rotatable bonds is 8. The molecule has 25 heavy (non-hydrogen) atoms. The van der Waals surface area contributed by atoms with E-state index >= 15 is 0 Å². The minimum absolute atomic E-state index is 0.0290. The van der Waals surface area contributed by atoms with Gasteiger partial charge in [-0.05, 0) is 51.1 Å². The van der Waals surface area contributed by atoms with Crippen LogP contribution >= 0.6 is 19.2 Å². The van der Waals surface area contributed by atoms with Crippen molar-refractivity contribution in [2.45, 2.75) is 20.8 Å². The molecule has 0 spiro atoms. The number of benzene rings is 2. The van der Waals surface area contributed by atoms with Crippen LogP contribution in [0, 0.1) is 12.7 Å². The van der Waals surface area contributed by atoms with Crippen LogP contribution in [0.1, 0.15) is 19.4 Å². The zero-order valence-corrected chi connectivity index (χ0v) is 16.2. The van der Waals surface area contributed by atoms with Gasteiger partial charge in [-0.25, -0.2) is 4.39 Å². The lowest BCUT2D eigenvalue weighted by Gasteiger charge is -2.29. The lowest BCUT2D eigenvalue weighted by molar-refractivity contribution is 0.220. The first-order valence-electron chi connectivity index (χ1n) is 8.06. The third-order valence-electron chi connectivity index (χ3n) is 3.53. The van der Waals surface area contributed by atoms with Crippen LogP contribution in [-0.4, -0.2) is 19.5 Å². The summed E-state index contributed by atoms with van der Waals surface area (Å²) in [5, 5.41) is 0.0328. The lowest BCUT2D eigenvalue weighted by Crippen LogP contribution is -2.21. The molecule has 2 aromatic carbocycles. The fraction of sp³-hybridized carbons (Fsp3) is 0.333. The van der Waals surface area contributed by atoms with Crippen LogP contribution in [0.15, 0.2) is 42.5 Å². The minimum Gasteiger partial charge on any atom is -0.329 e. The van der Waals surface area contributed by atoms with Crippen molar-refractivity contribution >= 4 is 30.6 Å². The van der Waals surface area contributed by atoms with Gasteiger partial charge in [-0.2, -0.15) is 0 Å². The van der Waals surface area contributed by atoms with E-state index in [4.69, 9.17) is 20.6 Å². The van der Waals surface area contributed by atoms with Crippen molar-refractivity contribution in [3.8, 4) is 0 Å². The van der Waals surface area contributed by atoms with Crippen molar-refractivity contribution in [3.63, 3.8) is 0 Å². The van der Waals surface area contributed by atoms with E-state index in [0.717, 1.165) is 11.3 Å². The Hall–Kier alpha value is -1.39. The molecule has 0 aliphatic heterocycles. The molecule has 7 heteroatoms. The molecular formula is C18H22ClFNO3P. The number of anilines is 2. The van der Waals surface area contributed by atoms with E-state index in [1.165, 1.54) is 12.1 Å².